The van der Waals surface area contributed by atoms with Crippen molar-refractivity contribution in [2.24, 2.45) is 11.3 Å². The predicted molar refractivity (Wildman–Crippen MR) is 54.4 cm³/mol. The largest absolute Gasteiger partial charge is 0.356 e. The van der Waals surface area contributed by atoms with Gasteiger partial charge in [0.1, 0.15) is 0 Å². The lowest BCUT2D eigenvalue weighted by Gasteiger charge is -2.26. The third-order valence-electron chi connectivity index (χ3n) is 3.28. The van der Waals surface area contributed by atoms with Crippen LogP contribution in [0, 0.1) is 11.3 Å². The molecule has 1 aliphatic rings. The normalized spacial score (nSPS) is 25.9. The summed E-state index contributed by atoms with van der Waals surface area (Å²) in [5.41, 5.74) is 0.380. The van der Waals surface area contributed by atoms with Crippen LogP contribution in [0.3, 0.4) is 0 Å². The van der Waals surface area contributed by atoms with E-state index in [4.69, 9.17) is 0 Å². The Bertz CT molecular complexity index is 187. The van der Waals surface area contributed by atoms with Crippen molar-refractivity contribution >= 4 is 5.91 Å². The summed E-state index contributed by atoms with van der Waals surface area (Å²) in [6.45, 7) is 7.29. The molecule has 0 heterocycles. The Hall–Kier alpha value is -0.530. The molecule has 2 heteroatoms. The molecule has 1 fully saturated rings. The summed E-state index contributed by atoms with van der Waals surface area (Å²) in [7, 11) is 0. The van der Waals surface area contributed by atoms with Crippen molar-refractivity contribution in [3.8, 4) is 0 Å². The minimum absolute atomic E-state index is 0.225. The predicted octanol–water partition coefficient (Wildman–Crippen LogP) is 2.34. The van der Waals surface area contributed by atoms with Gasteiger partial charge in [0.25, 0.3) is 0 Å². The molecular weight excluding hydrogens is 162 g/mol. The highest BCUT2D eigenvalue weighted by atomic mass is 16.1. The number of hydrogen-bond donors (Lipinski definition) is 1. The third kappa shape index (κ3) is 2.71. The SMILES string of the molecule is CCNC(=O)CC1CCCC1(C)C. The Morgan fingerprint density at radius 3 is 2.69 bits per heavy atom. The molecule has 0 aromatic carbocycles. The van der Waals surface area contributed by atoms with E-state index in [0.717, 1.165) is 13.0 Å². The maximum absolute atomic E-state index is 11.4. The first-order valence-electron chi connectivity index (χ1n) is 5.33. The second-order valence-corrected chi connectivity index (χ2v) is 4.74. The highest BCUT2D eigenvalue weighted by molar-refractivity contribution is 5.76. The van der Waals surface area contributed by atoms with Gasteiger partial charge >= 0.3 is 0 Å². The van der Waals surface area contributed by atoms with Crippen molar-refractivity contribution < 1.29 is 4.79 Å². The van der Waals surface area contributed by atoms with Gasteiger partial charge in [-0.3, -0.25) is 4.79 Å². The van der Waals surface area contributed by atoms with Gasteiger partial charge in [0.05, 0.1) is 0 Å². The highest BCUT2D eigenvalue weighted by Gasteiger charge is 2.35. The van der Waals surface area contributed by atoms with E-state index >= 15 is 0 Å². The van der Waals surface area contributed by atoms with Crippen LogP contribution in [-0.2, 0) is 4.79 Å². The molecular formula is C11H21NO. The molecule has 0 aromatic heterocycles. The van der Waals surface area contributed by atoms with E-state index in [2.05, 4.69) is 19.2 Å². The Morgan fingerprint density at radius 2 is 2.23 bits per heavy atom. The second-order valence-electron chi connectivity index (χ2n) is 4.74. The molecule has 0 aliphatic heterocycles. The van der Waals surface area contributed by atoms with E-state index in [1.54, 1.807) is 0 Å². The molecule has 0 radical (unpaired) electrons. The highest BCUT2D eigenvalue weighted by Crippen LogP contribution is 2.44. The van der Waals surface area contributed by atoms with Crippen LogP contribution in [0.4, 0.5) is 0 Å². The van der Waals surface area contributed by atoms with Crippen molar-refractivity contribution in [1.82, 2.24) is 5.32 Å². The fourth-order valence-corrected chi connectivity index (χ4v) is 2.27. The molecule has 1 aliphatic carbocycles. The van der Waals surface area contributed by atoms with E-state index in [1.807, 2.05) is 6.92 Å². The number of carbonyl (C=O) groups is 1. The first-order valence-corrected chi connectivity index (χ1v) is 5.33. The fraction of sp³-hybridized carbons (Fsp3) is 0.909. The molecule has 1 rings (SSSR count). The van der Waals surface area contributed by atoms with Crippen molar-refractivity contribution in [2.75, 3.05) is 6.54 Å². The van der Waals surface area contributed by atoms with Crippen LogP contribution in [-0.4, -0.2) is 12.5 Å². The molecule has 0 spiro atoms. The zero-order valence-corrected chi connectivity index (χ0v) is 9.02. The number of carbonyl (C=O) groups excluding carboxylic acids is 1. The molecule has 13 heavy (non-hydrogen) atoms. The number of nitrogens with one attached hydrogen (secondary N) is 1. The third-order valence-corrected chi connectivity index (χ3v) is 3.28. The van der Waals surface area contributed by atoms with E-state index in [9.17, 15) is 4.79 Å². The van der Waals surface area contributed by atoms with Gasteiger partial charge in [-0.2, -0.15) is 0 Å². The van der Waals surface area contributed by atoms with Crippen LogP contribution in [0.1, 0.15) is 46.5 Å². The van der Waals surface area contributed by atoms with Gasteiger partial charge in [-0.05, 0) is 31.1 Å². The van der Waals surface area contributed by atoms with E-state index in [-0.39, 0.29) is 5.91 Å². The Morgan fingerprint density at radius 1 is 1.54 bits per heavy atom. The Kier molecular flexibility index (Phi) is 3.34. The van der Waals surface area contributed by atoms with Gasteiger partial charge in [-0.25, -0.2) is 0 Å². The second kappa shape index (κ2) is 4.12. The van der Waals surface area contributed by atoms with E-state index in [1.165, 1.54) is 19.3 Å². The molecule has 1 atom stereocenters. The van der Waals surface area contributed by atoms with Crippen LogP contribution in [0.5, 0.6) is 0 Å². The summed E-state index contributed by atoms with van der Waals surface area (Å²) in [5.74, 6) is 0.821. The lowest BCUT2D eigenvalue weighted by molar-refractivity contribution is -0.122. The van der Waals surface area contributed by atoms with Crippen LogP contribution in [0.2, 0.25) is 0 Å². The topological polar surface area (TPSA) is 29.1 Å². The minimum Gasteiger partial charge on any atom is -0.356 e. The standard InChI is InChI=1S/C11H21NO/c1-4-12-10(13)8-9-6-5-7-11(9,2)3/h9H,4-8H2,1-3H3,(H,12,13). The average molecular weight is 183 g/mol. The molecule has 2 nitrogen and oxygen atoms in total. The summed E-state index contributed by atoms with van der Waals surface area (Å²) in [6, 6.07) is 0. The maximum atomic E-state index is 11.4. The van der Waals surface area contributed by atoms with Gasteiger partial charge in [0, 0.05) is 13.0 Å². The van der Waals surface area contributed by atoms with Crippen molar-refractivity contribution in [3.63, 3.8) is 0 Å². The Balaban J connectivity index is 2.40. The fourth-order valence-electron chi connectivity index (χ4n) is 2.27. The minimum atomic E-state index is 0.225. The van der Waals surface area contributed by atoms with Gasteiger partial charge in [0.15, 0.2) is 0 Å². The zero-order valence-electron chi connectivity index (χ0n) is 9.02. The average Bonchev–Trinajstić information content (AvgIpc) is 2.31. The molecule has 1 unspecified atom stereocenters. The number of rotatable bonds is 3. The van der Waals surface area contributed by atoms with Gasteiger partial charge in [0.2, 0.25) is 5.91 Å². The van der Waals surface area contributed by atoms with Crippen LogP contribution in [0.25, 0.3) is 0 Å². The molecule has 76 valence electrons. The first kappa shape index (κ1) is 10.6. The van der Waals surface area contributed by atoms with Gasteiger partial charge in [-0.15, -0.1) is 0 Å². The molecule has 0 saturated heterocycles. The van der Waals surface area contributed by atoms with Crippen molar-refractivity contribution in [2.45, 2.75) is 46.5 Å². The maximum Gasteiger partial charge on any atom is 0.220 e. The quantitative estimate of drug-likeness (QED) is 0.715. The lowest BCUT2D eigenvalue weighted by atomic mass is 9.80. The zero-order chi connectivity index (χ0) is 9.90. The summed E-state index contributed by atoms with van der Waals surface area (Å²) < 4.78 is 0. The van der Waals surface area contributed by atoms with Gasteiger partial charge < -0.3 is 5.32 Å². The molecule has 1 saturated carbocycles. The first-order chi connectivity index (χ1) is 6.06. The molecule has 0 bridgehead atoms. The summed E-state index contributed by atoms with van der Waals surface area (Å²) in [6.07, 6.45) is 4.51. The van der Waals surface area contributed by atoms with Gasteiger partial charge in [-0.1, -0.05) is 20.3 Å². The summed E-state index contributed by atoms with van der Waals surface area (Å²) in [5, 5.41) is 2.87. The molecule has 1 amide bonds. The number of hydrogen-bond acceptors (Lipinski definition) is 1. The summed E-state index contributed by atoms with van der Waals surface area (Å²) in [4.78, 5) is 11.4. The van der Waals surface area contributed by atoms with Crippen LogP contribution >= 0.6 is 0 Å². The lowest BCUT2D eigenvalue weighted by Crippen LogP contribution is -2.28. The Labute approximate surface area is 81.1 Å². The molecule has 0 aromatic rings. The van der Waals surface area contributed by atoms with E-state index in [0.29, 0.717) is 11.3 Å². The van der Waals surface area contributed by atoms with Crippen LogP contribution in [0.15, 0.2) is 0 Å². The number of amides is 1. The smallest absolute Gasteiger partial charge is 0.220 e. The monoisotopic (exact) mass is 183 g/mol. The van der Waals surface area contributed by atoms with Crippen molar-refractivity contribution in [1.29, 1.82) is 0 Å². The van der Waals surface area contributed by atoms with Crippen molar-refractivity contribution in [3.05, 3.63) is 0 Å². The summed E-state index contributed by atoms with van der Waals surface area (Å²) >= 11 is 0. The van der Waals surface area contributed by atoms with Crippen LogP contribution < -0.4 is 5.32 Å². The molecule has 1 N–H and O–H groups in total. The van der Waals surface area contributed by atoms with E-state index < -0.39 is 0 Å².